The summed E-state index contributed by atoms with van der Waals surface area (Å²) in [5.74, 6) is 0. The maximum absolute atomic E-state index is 3.77. The summed E-state index contributed by atoms with van der Waals surface area (Å²) < 4.78 is 2.43. The van der Waals surface area contributed by atoms with E-state index in [-0.39, 0.29) is 5.54 Å². The van der Waals surface area contributed by atoms with Crippen molar-refractivity contribution in [2.24, 2.45) is 7.05 Å². The van der Waals surface area contributed by atoms with Gasteiger partial charge in [0, 0.05) is 43.9 Å². The van der Waals surface area contributed by atoms with Crippen molar-refractivity contribution in [1.82, 2.24) is 4.57 Å². The molecule has 1 atom stereocenters. The van der Waals surface area contributed by atoms with E-state index in [1.165, 1.54) is 28.2 Å². The molecule has 1 aromatic heterocycles. The van der Waals surface area contributed by atoms with Crippen molar-refractivity contribution in [2.75, 3.05) is 5.32 Å². The van der Waals surface area contributed by atoms with Gasteiger partial charge in [-0.1, -0.05) is 37.4 Å². The smallest absolute Gasteiger partial charge is 0.0637 e. The van der Waals surface area contributed by atoms with Gasteiger partial charge in [-0.3, -0.25) is 0 Å². The number of fused-ring (bicyclic) bond motifs is 3. The number of aromatic nitrogens is 1. The Bertz CT molecular complexity index is 720. The molecule has 2 aromatic rings. The summed E-state index contributed by atoms with van der Waals surface area (Å²) >= 11 is 0. The van der Waals surface area contributed by atoms with Gasteiger partial charge in [0.15, 0.2) is 0 Å². The quantitative estimate of drug-likeness (QED) is 0.797. The lowest BCUT2D eigenvalue weighted by molar-refractivity contribution is 0.633. The van der Waals surface area contributed by atoms with Crippen LogP contribution in [0.3, 0.4) is 0 Å². The Morgan fingerprint density at radius 3 is 2.36 bits per heavy atom. The molecule has 22 heavy (non-hydrogen) atoms. The Kier molecular flexibility index (Phi) is 3.52. The first-order valence-electron chi connectivity index (χ1n) is 8.29. The fourth-order valence-electron chi connectivity index (χ4n) is 3.81. The molecule has 0 spiro atoms. The summed E-state index contributed by atoms with van der Waals surface area (Å²) in [7, 11) is 1.40. The molecule has 1 aliphatic carbocycles. The Morgan fingerprint density at radius 2 is 1.77 bits per heavy atom. The van der Waals surface area contributed by atoms with Gasteiger partial charge in [-0.15, -0.1) is 0 Å². The van der Waals surface area contributed by atoms with Gasteiger partial charge in [0.25, 0.3) is 0 Å². The van der Waals surface area contributed by atoms with Crippen LogP contribution in [-0.4, -0.2) is 18.9 Å². The van der Waals surface area contributed by atoms with E-state index in [0.717, 1.165) is 0 Å². The van der Waals surface area contributed by atoms with Crippen LogP contribution in [0.15, 0.2) is 24.3 Å². The van der Waals surface area contributed by atoms with Crippen LogP contribution in [-0.2, 0) is 7.05 Å². The summed E-state index contributed by atoms with van der Waals surface area (Å²) in [6, 6.07) is 9.01. The highest BCUT2D eigenvalue weighted by atomic mass is 28.3. The molecule has 1 aliphatic rings. The summed E-state index contributed by atoms with van der Waals surface area (Å²) in [6.45, 7) is 13.9. The number of rotatable bonds is 2. The van der Waals surface area contributed by atoms with Crippen molar-refractivity contribution in [3.8, 4) is 11.1 Å². The van der Waals surface area contributed by atoms with Crippen molar-refractivity contribution in [1.29, 1.82) is 0 Å². The molecule has 2 nitrogen and oxygen atoms in total. The normalized spacial score (nSPS) is 16.8. The molecule has 0 saturated heterocycles. The fraction of sp³-hybridized carbons (Fsp3) is 0.474. The lowest BCUT2D eigenvalue weighted by atomic mass is 10.0. The summed E-state index contributed by atoms with van der Waals surface area (Å²) in [6.07, 6.45) is 0. The zero-order chi connectivity index (χ0) is 16.2. The number of nitrogens with zero attached hydrogens (tertiary/aromatic N) is 1. The first-order chi connectivity index (χ1) is 10.2. The van der Waals surface area contributed by atoms with Gasteiger partial charge in [0.05, 0.1) is 5.69 Å². The molecule has 3 heteroatoms. The molecule has 1 N–H and O–H groups in total. The van der Waals surface area contributed by atoms with E-state index in [0.29, 0.717) is 5.54 Å². The highest BCUT2D eigenvalue weighted by molar-refractivity contribution is 6.59. The lowest BCUT2D eigenvalue weighted by Crippen LogP contribution is -2.26. The van der Waals surface area contributed by atoms with Crippen LogP contribution in [0.1, 0.15) is 43.3 Å². The van der Waals surface area contributed by atoms with Gasteiger partial charge in [0.1, 0.15) is 0 Å². The molecular weight excluding hydrogens is 284 g/mol. The summed E-state index contributed by atoms with van der Waals surface area (Å²) in [5, 5.41) is 3.77. The predicted molar refractivity (Wildman–Crippen MR) is 99.7 cm³/mol. The maximum atomic E-state index is 3.77. The Morgan fingerprint density at radius 1 is 1.14 bits per heavy atom. The minimum absolute atomic E-state index is 0.0716. The van der Waals surface area contributed by atoms with Crippen LogP contribution in [0.25, 0.3) is 11.1 Å². The summed E-state index contributed by atoms with van der Waals surface area (Å²) in [4.78, 5) is 0. The lowest BCUT2D eigenvalue weighted by Gasteiger charge is -2.23. The summed E-state index contributed by atoms with van der Waals surface area (Å²) in [5.41, 5.74) is 9.36. The van der Waals surface area contributed by atoms with Gasteiger partial charge in [-0.05, 0) is 38.8 Å². The van der Waals surface area contributed by atoms with Crippen LogP contribution in [0, 0.1) is 6.92 Å². The van der Waals surface area contributed by atoms with E-state index in [2.05, 4.69) is 82.0 Å². The zero-order valence-electron chi connectivity index (χ0n) is 14.9. The average Bonchev–Trinajstić information content (AvgIpc) is 2.87. The zero-order valence-corrected chi connectivity index (χ0v) is 16.1. The topological polar surface area (TPSA) is 17.0 Å². The molecule has 1 unspecified atom stereocenters. The van der Waals surface area contributed by atoms with E-state index in [1.54, 1.807) is 5.56 Å². The van der Waals surface area contributed by atoms with E-state index < -0.39 is 8.80 Å². The number of hydrogen-bond donors (Lipinski definition) is 1. The fourth-order valence-corrected chi connectivity index (χ4v) is 5.84. The minimum atomic E-state index is -0.834. The second kappa shape index (κ2) is 5.02. The Balaban J connectivity index is 2.29. The number of benzene rings is 1. The van der Waals surface area contributed by atoms with Gasteiger partial charge in [-0.25, -0.2) is 0 Å². The molecular formula is C19H28N2Si. The third kappa shape index (κ3) is 2.23. The number of anilines is 1. The largest absolute Gasteiger partial charge is 0.378 e. The number of hydrogen-bond acceptors (Lipinski definition) is 1. The monoisotopic (exact) mass is 312 g/mol. The van der Waals surface area contributed by atoms with Gasteiger partial charge in [0.2, 0.25) is 0 Å². The van der Waals surface area contributed by atoms with Crippen LogP contribution < -0.4 is 5.32 Å². The third-order valence-electron chi connectivity index (χ3n) is 4.76. The highest BCUT2D eigenvalue weighted by Gasteiger charge is 2.37. The molecule has 0 fully saturated rings. The third-order valence-corrected chi connectivity index (χ3v) is 6.77. The SMILES string of the molecule is Cc1c(NC(C)(C)C)c2c(n1C)C([SiH](C)C)c1ccccc1-2. The van der Waals surface area contributed by atoms with Gasteiger partial charge in [-0.2, -0.15) is 0 Å². The number of nitrogens with one attached hydrogen (secondary N) is 1. The van der Waals surface area contributed by atoms with Crippen molar-refractivity contribution < 1.29 is 0 Å². The maximum Gasteiger partial charge on any atom is 0.0637 e. The molecule has 0 bridgehead atoms. The van der Waals surface area contributed by atoms with Gasteiger partial charge < -0.3 is 9.88 Å². The van der Waals surface area contributed by atoms with E-state index in [9.17, 15) is 0 Å². The van der Waals surface area contributed by atoms with Crippen molar-refractivity contribution in [3.63, 3.8) is 0 Å². The van der Waals surface area contributed by atoms with Crippen molar-refractivity contribution in [3.05, 3.63) is 41.2 Å². The Hall–Kier alpha value is -1.48. The molecule has 0 radical (unpaired) electrons. The van der Waals surface area contributed by atoms with Crippen molar-refractivity contribution in [2.45, 2.75) is 51.9 Å². The molecule has 1 aromatic carbocycles. The Labute approximate surface area is 136 Å². The van der Waals surface area contributed by atoms with Crippen LogP contribution >= 0.6 is 0 Å². The molecule has 0 saturated carbocycles. The standard InChI is InChI=1S/C19H28N2Si/c1-12-16(20-19(2,3)4)15-13-10-8-9-11-14(13)18(22(6)7)17(15)21(12)5/h8-11,18,20,22H,1-7H3. The van der Waals surface area contributed by atoms with Crippen LogP contribution in [0.4, 0.5) is 5.69 Å². The highest BCUT2D eigenvalue weighted by Crippen LogP contribution is 2.51. The van der Waals surface area contributed by atoms with E-state index in [4.69, 9.17) is 0 Å². The van der Waals surface area contributed by atoms with Crippen LogP contribution in [0.5, 0.6) is 0 Å². The van der Waals surface area contributed by atoms with Gasteiger partial charge >= 0.3 is 0 Å². The molecule has 1 heterocycles. The molecule has 0 aliphatic heterocycles. The van der Waals surface area contributed by atoms with Crippen molar-refractivity contribution >= 4 is 14.5 Å². The first-order valence-corrected chi connectivity index (χ1v) is 11.3. The second-order valence-corrected chi connectivity index (χ2v) is 11.1. The van der Waals surface area contributed by atoms with E-state index in [1.807, 2.05) is 0 Å². The van der Waals surface area contributed by atoms with Crippen LogP contribution in [0.2, 0.25) is 13.1 Å². The second-order valence-electron chi connectivity index (χ2n) is 7.96. The first kappa shape index (κ1) is 15.4. The molecule has 0 amide bonds. The van der Waals surface area contributed by atoms with E-state index >= 15 is 0 Å². The molecule has 3 rings (SSSR count). The average molecular weight is 313 g/mol. The molecule has 118 valence electrons. The minimum Gasteiger partial charge on any atom is -0.378 e. The predicted octanol–water partition coefficient (Wildman–Crippen LogP) is 4.68.